The number of anilines is 2. The minimum absolute atomic E-state index is 0.00636. The summed E-state index contributed by atoms with van der Waals surface area (Å²) in [5.41, 5.74) is -0.00636. The van der Waals surface area contributed by atoms with Gasteiger partial charge in [-0.2, -0.15) is 18.3 Å². The van der Waals surface area contributed by atoms with E-state index >= 15 is 0 Å². The number of alkyl halides is 3. The molecule has 0 aliphatic carbocycles. The molecule has 5 rings (SSSR count). The lowest BCUT2D eigenvalue weighted by atomic mass is 10.0. The highest BCUT2D eigenvalue weighted by atomic mass is 19.4. The molecule has 0 aromatic carbocycles. The smallest absolute Gasteiger partial charge is 0.410 e. The number of piperazine rings is 1. The fraction of sp³-hybridized carbons (Fsp3) is 0.381. The van der Waals surface area contributed by atoms with Gasteiger partial charge in [0.1, 0.15) is 17.4 Å². The van der Waals surface area contributed by atoms with Crippen molar-refractivity contribution in [1.82, 2.24) is 19.7 Å². The predicted octanol–water partition coefficient (Wildman–Crippen LogP) is 3.49. The van der Waals surface area contributed by atoms with Crippen LogP contribution >= 0.6 is 0 Å². The Kier molecular flexibility index (Phi) is 5.03. The first kappa shape index (κ1) is 20.4. The third kappa shape index (κ3) is 3.78. The van der Waals surface area contributed by atoms with Crippen molar-refractivity contribution in [2.75, 3.05) is 36.4 Å². The van der Waals surface area contributed by atoms with Crippen LogP contribution in [0.25, 0.3) is 0 Å². The lowest BCUT2D eigenvalue weighted by Crippen LogP contribution is -2.49. The number of aromatic nitrogens is 3. The van der Waals surface area contributed by atoms with Gasteiger partial charge in [0.15, 0.2) is 11.7 Å². The highest BCUT2D eigenvalue weighted by Crippen LogP contribution is 2.43. The minimum Gasteiger partial charge on any atom is -0.467 e. The van der Waals surface area contributed by atoms with Crippen molar-refractivity contribution in [2.45, 2.75) is 24.7 Å². The fourth-order valence-corrected chi connectivity index (χ4v) is 4.20. The van der Waals surface area contributed by atoms with E-state index in [4.69, 9.17) is 4.42 Å². The first-order valence-electron chi connectivity index (χ1n) is 10.3. The van der Waals surface area contributed by atoms with E-state index in [2.05, 4.69) is 20.3 Å². The maximum Gasteiger partial charge on any atom is 0.410 e. The van der Waals surface area contributed by atoms with Gasteiger partial charge in [0.25, 0.3) is 5.91 Å². The first-order chi connectivity index (χ1) is 15.4. The number of amides is 1. The van der Waals surface area contributed by atoms with E-state index in [0.717, 1.165) is 10.5 Å². The van der Waals surface area contributed by atoms with E-state index in [1.807, 2.05) is 18.2 Å². The van der Waals surface area contributed by atoms with Gasteiger partial charge in [-0.3, -0.25) is 4.79 Å². The molecule has 5 heterocycles. The summed E-state index contributed by atoms with van der Waals surface area (Å²) in [5, 5.41) is 7.08. The largest absolute Gasteiger partial charge is 0.467 e. The molecule has 1 amide bonds. The van der Waals surface area contributed by atoms with Gasteiger partial charge in [0.05, 0.1) is 12.3 Å². The Morgan fingerprint density at radius 1 is 1.12 bits per heavy atom. The summed E-state index contributed by atoms with van der Waals surface area (Å²) in [6.07, 6.45) is -1.65. The number of hydrogen-bond acceptors (Lipinski definition) is 6. The average molecular weight is 446 g/mol. The Labute approximate surface area is 181 Å². The number of furan rings is 1. The minimum atomic E-state index is -4.51. The molecular weight excluding hydrogens is 425 g/mol. The van der Waals surface area contributed by atoms with Crippen LogP contribution in [-0.4, -0.2) is 57.9 Å². The average Bonchev–Trinajstić information content (AvgIpc) is 3.48. The van der Waals surface area contributed by atoms with Gasteiger partial charge >= 0.3 is 6.18 Å². The molecule has 1 fully saturated rings. The van der Waals surface area contributed by atoms with Crippen LogP contribution in [0.15, 0.2) is 53.3 Å². The summed E-state index contributed by atoms with van der Waals surface area (Å²) < 4.78 is 47.5. The van der Waals surface area contributed by atoms with Gasteiger partial charge in [-0.1, -0.05) is 6.07 Å². The number of pyridine rings is 1. The topological polar surface area (TPSA) is 79.4 Å². The molecule has 8 nitrogen and oxygen atoms in total. The second kappa shape index (κ2) is 7.88. The summed E-state index contributed by atoms with van der Waals surface area (Å²) in [4.78, 5) is 21.0. The van der Waals surface area contributed by atoms with E-state index in [1.54, 1.807) is 23.2 Å². The van der Waals surface area contributed by atoms with E-state index < -0.39 is 18.3 Å². The van der Waals surface area contributed by atoms with Crippen LogP contribution in [0.5, 0.6) is 0 Å². The molecule has 11 heteroatoms. The van der Waals surface area contributed by atoms with Crippen LogP contribution < -0.4 is 10.2 Å². The Morgan fingerprint density at radius 2 is 1.94 bits per heavy atom. The molecule has 0 unspecified atom stereocenters. The maximum atomic E-state index is 13.8. The summed E-state index contributed by atoms with van der Waals surface area (Å²) in [7, 11) is 0. The summed E-state index contributed by atoms with van der Waals surface area (Å²) in [6, 6.07) is 7.77. The molecule has 0 radical (unpaired) electrons. The second-order valence-corrected chi connectivity index (χ2v) is 7.83. The first-order valence-corrected chi connectivity index (χ1v) is 10.3. The number of carbonyl (C=O) groups is 1. The molecule has 0 bridgehead atoms. The van der Waals surface area contributed by atoms with Gasteiger partial charge in [-0.15, -0.1) is 0 Å². The van der Waals surface area contributed by atoms with Gasteiger partial charge in [0.2, 0.25) is 0 Å². The molecule has 3 aromatic rings. The number of halogens is 3. The molecule has 0 spiro atoms. The normalized spacial score (nSPS) is 21.2. The summed E-state index contributed by atoms with van der Waals surface area (Å²) >= 11 is 0. The van der Waals surface area contributed by atoms with E-state index in [9.17, 15) is 18.0 Å². The summed E-state index contributed by atoms with van der Waals surface area (Å²) in [5.74, 6) is 1.00. The maximum absolute atomic E-state index is 13.8. The number of fused-ring (bicyclic) bond motifs is 1. The molecule has 168 valence electrons. The molecule has 32 heavy (non-hydrogen) atoms. The number of carbonyl (C=O) groups excluding carboxylic acids is 1. The number of nitrogens with zero attached hydrogens (tertiary/aromatic N) is 5. The fourth-order valence-electron chi connectivity index (χ4n) is 4.20. The van der Waals surface area contributed by atoms with Crippen LogP contribution in [0, 0.1) is 0 Å². The molecule has 0 saturated carbocycles. The van der Waals surface area contributed by atoms with Crippen LogP contribution in [0.3, 0.4) is 0 Å². The van der Waals surface area contributed by atoms with Crippen molar-refractivity contribution in [1.29, 1.82) is 0 Å². The summed E-state index contributed by atoms with van der Waals surface area (Å²) in [6.45, 7) is 2.03. The van der Waals surface area contributed by atoms with Crippen LogP contribution in [0.2, 0.25) is 0 Å². The number of rotatable bonds is 3. The Hall–Kier alpha value is -3.50. The molecule has 2 atom stereocenters. The molecule has 1 saturated heterocycles. The Bertz CT molecular complexity index is 1070. The SMILES string of the molecule is O=C(c1cc2n(n1)[C@@H](C(F)(F)F)C[C@H](c1ccco1)N2)N1CCN(c2ccccn2)CC1. The molecular formula is C21H21F3N6O2. The lowest BCUT2D eigenvalue weighted by molar-refractivity contribution is -0.174. The zero-order valence-corrected chi connectivity index (χ0v) is 17.0. The van der Waals surface area contributed by atoms with E-state index in [1.165, 1.54) is 12.3 Å². The third-order valence-corrected chi connectivity index (χ3v) is 5.84. The number of nitrogens with one attached hydrogen (secondary N) is 1. The lowest BCUT2D eigenvalue weighted by Gasteiger charge is -2.35. The van der Waals surface area contributed by atoms with E-state index in [0.29, 0.717) is 31.9 Å². The highest BCUT2D eigenvalue weighted by molar-refractivity contribution is 5.93. The Morgan fingerprint density at radius 3 is 2.59 bits per heavy atom. The van der Waals surface area contributed by atoms with Gasteiger partial charge < -0.3 is 19.5 Å². The van der Waals surface area contributed by atoms with Crippen LogP contribution in [0.4, 0.5) is 24.8 Å². The quantitative estimate of drug-likeness (QED) is 0.664. The van der Waals surface area contributed by atoms with Crippen molar-refractivity contribution in [3.63, 3.8) is 0 Å². The third-order valence-electron chi connectivity index (χ3n) is 5.84. The van der Waals surface area contributed by atoms with Crippen molar-refractivity contribution >= 4 is 17.5 Å². The predicted molar refractivity (Wildman–Crippen MR) is 109 cm³/mol. The highest BCUT2D eigenvalue weighted by Gasteiger charge is 2.47. The zero-order valence-electron chi connectivity index (χ0n) is 17.0. The van der Waals surface area contributed by atoms with Gasteiger partial charge in [0, 0.05) is 44.9 Å². The second-order valence-electron chi connectivity index (χ2n) is 7.83. The molecule has 2 aliphatic rings. The monoisotopic (exact) mass is 446 g/mol. The van der Waals surface area contributed by atoms with Crippen molar-refractivity contribution in [3.8, 4) is 0 Å². The van der Waals surface area contributed by atoms with Crippen LogP contribution in [-0.2, 0) is 0 Å². The standard InChI is InChI=1S/C21H21F3N6O2/c22-21(23,24)17-12-14(16-4-3-11-32-16)26-19-13-15(27-30(17)19)20(31)29-9-7-28(8-10-29)18-5-1-2-6-25-18/h1-6,11,13-14,17,26H,7-10,12H2/t14-,17-/m1/s1. The van der Waals surface area contributed by atoms with Crippen molar-refractivity contribution < 1.29 is 22.4 Å². The van der Waals surface area contributed by atoms with Gasteiger partial charge in [-0.25, -0.2) is 9.67 Å². The molecule has 2 aliphatic heterocycles. The van der Waals surface area contributed by atoms with Crippen molar-refractivity contribution in [2.24, 2.45) is 0 Å². The van der Waals surface area contributed by atoms with Crippen LogP contribution in [0.1, 0.15) is 34.8 Å². The van der Waals surface area contributed by atoms with E-state index in [-0.39, 0.29) is 23.8 Å². The number of hydrogen-bond donors (Lipinski definition) is 1. The zero-order chi connectivity index (χ0) is 22.3. The Balaban J connectivity index is 1.34. The molecule has 1 N–H and O–H groups in total. The van der Waals surface area contributed by atoms with Gasteiger partial charge in [-0.05, 0) is 24.3 Å². The molecule has 3 aromatic heterocycles. The van der Waals surface area contributed by atoms with Crippen molar-refractivity contribution in [3.05, 3.63) is 60.3 Å².